The highest BCUT2D eigenvalue weighted by atomic mass is 31.3. The van der Waals surface area contributed by atoms with Gasteiger partial charge in [-0.15, -0.1) is 0 Å². The van der Waals surface area contributed by atoms with Crippen LogP contribution >= 0.6 is 23.5 Å². The predicted octanol–water partition coefficient (Wildman–Crippen LogP) is 5.55. The topological polar surface area (TPSA) is 373 Å². The van der Waals surface area contributed by atoms with E-state index in [1.165, 1.54) is 10.6 Å². The van der Waals surface area contributed by atoms with Gasteiger partial charge >= 0.3 is 29.4 Å². The van der Waals surface area contributed by atoms with Crippen LogP contribution in [0.1, 0.15) is 130 Å². The number of carboxylic acids is 1. The number of amides is 1. The molecule has 1 amide bonds. The predicted molar refractivity (Wildman–Crippen MR) is 302 cm³/mol. The second-order valence-corrected chi connectivity index (χ2v) is 25.9. The number of nitrogens with one attached hydrogen (secondary N) is 2. The Kier molecular flexibility index (Phi) is 16.8. The number of hydrogen-bond acceptors (Lipinski definition) is 18. The third-order valence-corrected chi connectivity index (χ3v) is 18.7. The van der Waals surface area contributed by atoms with E-state index in [0.29, 0.717) is 54.9 Å². The van der Waals surface area contributed by atoms with Crippen molar-refractivity contribution >= 4 is 80.7 Å². The van der Waals surface area contributed by atoms with E-state index in [1.807, 2.05) is 0 Å². The third-order valence-electron chi connectivity index (χ3n) is 14.9. The van der Waals surface area contributed by atoms with Gasteiger partial charge in [0, 0.05) is 78.3 Å². The highest BCUT2D eigenvalue weighted by Crippen LogP contribution is 2.66. The fourth-order valence-electron chi connectivity index (χ4n) is 11.5. The van der Waals surface area contributed by atoms with Gasteiger partial charge in [0.15, 0.2) is 28.7 Å². The van der Waals surface area contributed by atoms with Crippen molar-refractivity contribution in [3.05, 3.63) is 105 Å². The summed E-state index contributed by atoms with van der Waals surface area (Å²) in [5, 5.41) is 40.7. The van der Waals surface area contributed by atoms with Crippen molar-refractivity contribution in [3.63, 3.8) is 0 Å². The van der Waals surface area contributed by atoms with Gasteiger partial charge in [-0.1, -0.05) is 25.0 Å². The molecular weight excluding hydrogens is 1130 g/mol. The Hall–Kier alpha value is -6.21. The molecule has 6 atom stereocenters. The molecule has 440 valence electrons. The molecule has 9 rings (SSSR count). The van der Waals surface area contributed by atoms with E-state index >= 15 is 0 Å². The number of nitrogen functional groups attached to an aromatic ring is 1. The molecule has 1 fully saturated rings. The molecular formula is C53H67N9O17P3+. The minimum Gasteiger partial charge on any atom is -0.478 e. The zero-order valence-electron chi connectivity index (χ0n) is 46.3. The summed E-state index contributed by atoms with van der Waals surface area (Å²) in [5.74, 6) is -0.406. The first-order valence-corrected chi connectivity index (χ1v) is 31.0. The lowest BCUT2D eigenvalue weighted by Gasteiger charge is -2.43. The second kappa shape index (κ2) is 22.8. The number of phosphoric ester groups is 1. The Morgan fingerprint density at radius 3 is 2.22 bits per heavy atom. The van der Waals surface area contributed by atoms with Gasteiger partial charge in [0.25, 0.3) is 5.91 Å². The maximum Gasteiger partial charge on any atom is 0.490 e. The van der Waals surface area contributed by atoms with E-state index in [0.717, 1.165) is 63.5 Å². The fraction of sp³-hybridized carbons (Fsp3) is 0.434. The zero-order valence-corrected chi connectivity index (χ0v) is 48.9. The van der Waals surface area contributed by atoms with Crippen LogP contribution < -0.4 is 41.2 Å². The fourth-order valence-corrected chi connectivity index (χ4v) is 14.5. The highest BCUT2D eigenvalue weighted by Gasteiger charge is 2.48. The molecule has 0 spiro atoms. The van der Waals surface area contributed by atoms with Crippen molar-refractivity contribution in [2.45, 2.75) is 117 Å². The van der Waals surface area contributed by atoms with Crippen LogP contribution in [0.3, 0.4) is 0 Å². The first kappa shape index (κ1) is 60.4. The molecule has 29 heteroatoms. The quantitative estimate of drug-likeness (QED) is 0.0240. The Morgan fingerprint density at radius 2 is 1.54 bits per heavy atom. The number of fused-ring (bicyclic) bond motifs is 5. The largest absolute Gasteiger partial charge is 0.490 e. The number of aliphatic hydroxyl groups is 2. The number of imidazole rings is 1. The van der Waals surface area contributed by atoms with Crippen LogP contribution in [0.4, 0.5) is 17.5 Å². The number of nitrogens with zero attached hydrogens (tertiary/aromatic N) is 6. The van der Waals surface area contributed by atoms with Crippen LogP contribution in [-0.2, 0) is 31.6 Å². The summed E-state index contributed by atoms with van der Waals surface area (Å²) < 4.78 is 63.5. The van der Waals surface area contributed by atoms with Crippen LogP contribution in [0, 0.1) is 0 Å². The Morgan fingerprint density at radius 1 is 0.829 bits per heavy atom. The molecule has 2 aromatic heterocycles. The van der Waals surface area contributed by atoms with Crippen LogP contribution in [0.2, 0.25) is 0 Å². The molecule has 3 aromatic carbocycles. The first-order valence-electron chi connectivity index (χ1n) is 26.5. The Bertz CT molecular complexity index is 3770. The number of aliphatic hydroxyl groups excluding tert-OH is 2. The molecule has 0 bridgehead atoms. The molecule has 2 unspecified atom stereocenters. The van der Waals surface area contributed by atoms with Crippen molar-refractivity contribution in [1.29, 1.82) is 0 Å². The van der Waals surface area contributed by atoms with Gasteiger partial charge in [0.05, 0.1) is 23.8 Å². The van der Waals surface area contributed by atoms with Crippen molar-refractivity contribution in [2.75, 3.05) is 48.7 Å². The van der Waals surface area contributed by atoms with E-state index < -0.39 is 66.5 Å². The average Bonchev–Trinajstić information content (AvgIpc) is 1.30. The minimum absolute atomic E-state index is 0.0336. The van der Waals surface area contributed by atoms with E-state index in [-0.39, 0.29) is 51.7 Å². The number of carbonyl (C=O) groups excluding carboxylic acids is 1. The van der Waals surface area contributed by atoms with E-state index in [9.17, 15) is 48.4 Å². The lowest BCUT2D eigenvalue weighted by Crippen LogP contribution is -2.49. The average molecular weight is 1200 g/mol. The van der Waals surface area contributed by atoms with Crippen molar-refractivity contribution in [2.24, 2.45) is 0 Å². The number of phosphoric acid groups is 3. The summed E-state index contributed by atoms with van der Waals surface area (Å²) in [5.41, 5.74) is 12.9. The van der Waals surface area contributed by atoms with Crippen LogP contribution in [0.25, 0.3) is 27.9 Å². The van der Waals surface area contributed by atoms with Gasteiger partial charge in [0.1, 0.15) is 42.7 Å². The lowest BCUT2D eigenvalue weighted by molar-refractivity contribution is -0.0493. The van der Waals surface area contributed by atoms with Gasteiger partial charge in [-0.2, -0.15) is 8.62 Å². The second-order valence-electron chi connectivity index (χ2n) is 21.5. The smallest absolute Gasteiger partial charge is 0.478 e. The van der Waals surface area contributed by atoms with E-state index in [1.54, 1.807) is 12.1 Å². The van der Waals surface area contributed by atoms with Crippen molar-refractivity contribution in [1.82, 2.24) is 29.4 Å². The normalized spacial score (nSPS) is 21.3. The van der Waals surface area contributed by atoms with Crippen LogP contribution in [0.5, 0.6) is 11.5 Å². The number of nitrogens with two attached hydrogens (primary N) is 1. The summed E-state index contributed by atoms with van der Waals surface area (Å²) in [6.45, 7) is 18.2. The van der Waals surface area contributed by atoms with Gasteiger partial charge in [-0.25, -0.2) is 38.0 Å². The number of ether oxygens (including phenoxy) is 2. The maximum absolute atomic E-state index is 13.8. The number of likely N-dealkylation sites (N-methyl/N-ethyl adjacent to an activating group) is 2. The number of aromatic carboxylic acids is 1. The van der Waals surface area contributed by atoms with E-state index in [4.69, 9.17) is 25.0 Å². The molecule has 0 aliphatic carbocycles. The van der Waals surface area contributed by atoms with Crippen molar-refractivity contribution in [3.8, 4) is 11.5 Å². The Labute approximate surface area is 471 Å². The SMILES string of the molecule is CCN1c2cc3c(cc2C(C)=CC1(C)C)C(c1ccc(C(=O)NCCCCCCNc2nc4c(N)ncnc4n2[C@@H]2O[C@H](COP(=O)(O)OP(=O)(O)OP(=O)(O)O)[C@@H](O)[C@H]2O)cc1C(=O)O)=c1cc2c(cc1O3)=[N+](CC)C(C)(C)C=C2C. The molecule has 0 radical (unpaired) electrons. The summed E-state index contributed by atoms with van der Waals surface area (Å²) in [6.07, 6.45) is 1.45. The number of allylic oxidation sites excluding steroid dienone is 2. The first-order chi connectivity index (χ1) is 38.4. The molecule has 11 N–H and O–H groups in total. The van der Waals surface area contributed by atoms with E-state index in [2.05, 4.69) is 140 Å². The summed E-state index contributed by atoms with van der Waals surface area (Å²) in [7, 11) is -17.1. The van der Waals surface area contributed by atoms with Gasteiger partial charge in [0.2, 0.25) is 11.3 Å². The molecule has 5 aromatic rings. The molecule has 26 nitrogen and oxygen atoms in total. The maximum atomic E-state index is 13.8. The molecule has 6 heterocycles. The number of unbranched alkanes of at least 4 members (excludes halogenated alkanes) is 3. The van der Waals surface area contributed by atoms with Crippen LogP contribution in [0.15, 0.2) is 60.9 Å². The van der Waals surface area contributed by atoms with Gasteiger partial charge in [-0.3, -0.25) is 13.9 Å². The lowest BCUT2D eigenvalue weighted by atomic mass is 9.83. The molecule has 4 aliphatic rings. The highest BCUT2D eigenvalue weighted by molar-refractivity contribution is 7.66. The monoisotopic (exact) mass is 1190 g/mol. The van der Waals surface area contributed by atoms with Crippen molar-refractivity contribution < 1.29 is 80.8 Å². The number of carboxylic acid groups (broad SMARTS) is 1. The Balaban J connectivity index is 0.880. The third kappa shape index (κ3) is 12.1. The molecule has 0 saturated carbocycles. The summed E-state index contributed by atoms with van der Waals surface area (Å²) in [4.78, 5) is 79.2. The number of aromatic nitrogens is 4. The number of anilines is 3. The minimum atomic E-state index is -5.83. The van der Waals surface area contributed by atoms with Gasteiger partial charge in [-0.05, 0) is 101 Å². The summed E-state index contributed by atoms with van der Waals surface area (Å²) >= 11 is 0. The number of hydrogen-bond donors (Lipinski definition) is 10. The standard InChI is InChI=1S/C53H66N9O17P3/c1-9-60-37-22-39-35(20-32(37)28(3)24-52(60,5)6)42(36-21-33-29(4)25-53(7,8)61(10-2)38(33)23-40(36)76-39)31-16-15-30(19-34(31)50(66)67)48(65)55-17-13-11-12-14-18-56-51-59-43-46(54)57-27-58-47(43)62(51)49-45(64)44(63)41(77-49)26-75-81(71,72)79-82(73,74)78-80(68,69)70/h15-16,19-25,27,41,44-45,49,54-55,63-64H,9-14,17-18,26H2,1-8H3,(H6,65,66,67,68,69,70,71,72,73,74)/p+1/t41-,44-,45-,49-/m1/s1. The molecule has 1 saturated heterocycles. The number of rotatable bonds is 21. The van der Waals surface area contributed by atoms with Crippen LogP contribution in [-0.4, -0.2) is 128 Å². The van der Waals surface area contributed by atoms with Gasteiger partial charge < -0.3 is 65.6 Å². The number of carbonyl (C=O) groups is 2. The summed E-state index contributed by atoms with van der Waals surface area (Å²) in [6, 6.07) is 13.1. The molecule has 82 heavy (non-hydrogen) atoms. The number of benzene rings is 3. The zero-order chi connectivity index (χ0) is 59.6. The molecule has 4 aliphatic heterocycles.